The molecule has 2 aromatic carbocycles. The Labute approximate surface area is 168 Å². The van der Waals surface area contributed by atoms with Gasteiger partial charge in [-0.05, 0) is 41.5 Å². The lowest BCUT2D eigenvalue weighted by Crippen LogP contribution is -2.24. The summed E-state index contributed by atoms with van der Waals surface area (Å²) in [5, 5.41) is 8.05. The average Bonchev–Trinajstić information content (AvgIpc) is 3.16. The van der Waals surface area contributed by atoms with Crippen molar-refractivity contribution in [1.82, 2.24) is 15.1 Å². The third kappa shape index (κ3) is 4.03. The number of benzene rings is 2. The number of hydrogen-bond acceptors (Lipinski definition) is 4. The van der Waals surface area contributed by atoms with E-state index in [9.17, 15) is 4.79 Å². The minimum Gasteiger partial charge on any atom is -0.497 e. The molecule has 28 heavy (non-hydrogen) atoms. The molecule has 3 aromatic rings. The molecule has 1 aliphatic rings. The maximum atomic E-state index is 12.5. The van der Waals surface area contributed by atoms with Gasteiger partial charge in [0.25, 0.3) is 5.91 Å². The van der Waals surface area contributed by atoms with E-state index < -0.39 is 0 Å². The van der Waals surface area contributed by atoms with Crippen LogP contribution in [0.4, 0.5) is 0 Å². The number of fused-ring (bicyclic) bond motifs is 1. The molecule has 1 aliphatic heterocycles. The molecule has 2 heterocycles. The van der Waals surface area contributed by atoms with Crippen LogP contribution in [-0.2, 0) is 24.4 Å². The van der Waals surface area contributed by atoms with Gasteiger partial charge in [0, 0.05) is 11.6 Å². The van der Waals surface area contributed by atoms with Crippen molar-refractivity contribution in [2.75, 3.05) is 7.11 Å². The van der Waals surface area contributed by atoms with Crippen molar-refractivity contribution in [2.24, 2.45) is 0 Å². The van der Waals surface area contributed by atoms with Crippen molar-refractivity contribution in [3.63, 3.8) is 0 Å². The van der Waals surface area contributed by atoms with Crippen LogP contribution in [0.15, 0.2) is 54.6 Å². The molecular weight excluding hydrogens is 378 g/mol. The van der Waals surface area contributed by atoms with Gasteiger partial charge in [0.05, 0.1) is 26.0 Å². The second-order valence-corrected chi connectivity index (χ2v) is 7.02. The minimum absolute atomic E-state index is 0.111. The molecule has 4 rings (SSSR count). The maximum absolute atomic E-state index is 12.5. The van der Waals surface area contributed by atoms with Crippen LogP contribution in [-0.4, -0.2) is 22.8 Å². The molecular formula is C21H20ClN3O3. The van der Waals surface area contributed by atoms with Crippen molar-refractivity contribution < 1.29 is 14.3 Å². The molecule has 0 unspecified atom stereocenters. The molecule has 0 bridgehead atoms. The van der Waals surface area contributed by atoms with Crippen molar-refractivity contribution >= 4 is 17.5 Å². The lowest BCUT2D eigenvalue weighted by molar-refractivity contribution is -0.00119. The predicted molar refractivity (Wildman–Crippen MR) is 105 cm³/mol. The highest BCUT2D eigenvalue weighted by molar-refractivity contribution is 6.30. The second-order valence-electron chi connectivity index (χ2n) is 6.58. The van der Waals surface area contributed by atoms with Gasteiger partial charge in [-0.15, -0.1) is 0 Å². The Bertz CT molecular complexity index is 968. The van der Waals surface area contributed by atoms with E-state index in [-0.39, 0.29) is 12.0 Å². The number of methoxy groups -OCH3 is 1. The Morgan fingerprint density at radius 1 is 1.25 bits per heavy atom. The van der Waals surface area contributed by atoms with E-state index in [4.69, 9.17) is 21.1 Å². The molecule has 0 fully saturated rings. The van der Waals surface area contributed by atoms with Gasteiger partial charge in [0.1, 0.15) is 11.9 Å². The number of nitrogens with one attached hydrogen (secondary N) is 1. The number of rotatable bonds is 5. The van der Waals surface area contributed by atoms with Crippen LogP contribution in [0.5, 0.6) is 5.75 Å². The molecule has 0 saturated heterocycles. The summed E-state index contributed by atoms with van der Waals surface area (Å²) >= 11 is 5.95. The van der Waals surface area contributed by atoms with E-state index >= 15 is 0 Å². The van der Waals surface area contributed by atoms with Gasteiger partial charge in [-0.1, -0.05) is 35.9 Å². The standard InChI is InChI=1S/C21H20ClN3O3/c1-27-18-8-2-14(3-9-18)11-23-21(26)19-10-17-13-28-20(12-25(17)24-19)15-4-6-16(22)7-5-15/h2-10,20H,11-13H2,1H3,(H,23,26)/t20-/m0/s1. The Balaban J connectivity index is 1.40. The monoisotopic (exact) mass is 397 g/mol. The fourth-order valence-corrected chi connectivity index (χ4v) is 3.26. The molecule has 1 atom stereocenters. The highest BCUT2D eigenvalue weighted by atomic mass is 35.5. The van der Waals surface area contributed by atoms with Crippen LogP contribution in [0, 0.1) is 0 Å². The van der Waals surface area contributed by atoms with Crippen LogP contribution < -0.4 is 10.1 Å². The van der Waals surface area contributed by atoms with Gasteiger partial charge < -0.3 is 14.8 Å². The van der Waals surface area contributed by atoms with Gasteiger partial charge in [-0.25, -0.2) is 0 Å². The van der Waals surface area contributed by atoms with E-state index in [2.05, 4.69) is 10.4 Å². The summed E-state index contributed by atoms with van der Waals surface area (Å²) in [7, 11) is 1.62. The van der Waals surface area contributed by atoms with Crippen LogP contribution in [0.25, 0.3) is 0 Å². The van der Waals surface area contributed by atoms with E-state index in [0.717, 1.165) is 22.6 Å². The summed E-state index contributed by atoms with van der Waals surface area (Å²) in [6, 6.07) is 16.9. The highest BCUT2D eigenvalue weighted by Gasteiger charge is 2.24. The van der Waals surface area contributed by atoms with Gasteiger partial charge in [0.15, 0.2) is 5.69 Å². The summed E-state index contributed by atoms with van der Waals surface area (Å²) < 4.78 is 12.9. The molecule has 1 amide bonds. The van der Waals surface area contributed by atoms with Crippen molar-refractivity contribution in [1.29, 1.82) is 0 Å². The van der Waals surface area contributed by atoms with Crippen LogP contribution in [0.2, 0.25) is 5.02 Å². The molecule has 0 saturated carbocycles. The third-order valence-corrected chi connectivity index (χ3v) is 4.97. The van der Waals surface area contributed by atoms with E-state index in [1.165, 1.54) is 0 Å². The molecule has 7 heteroatoms. The third-order valence-electron chi connectivity index (χ3n) is 4.72. The van der Waals surface area contributed by atoms with E-state index in [1.54, 1.807) is 13.2 Å². The second kappa shape index (κ2) is 8.04. The first-order valence-electron chi connectivity index (χ1n) is 8.97. The van der Waals surface area contributed by atoms with E-state index in [0.29, 0.717) is 30.4 Å². The Kier molecular flexibility index (Phi) is 5.32. The number of aromatic nitrogens is 2. The zero-order chi connectivity index (χ0) is 19.5. The Morgan fingerprint density at radius 3 is 2.71 bits per heavy atom. The fraction of sp³-hybridized carbons (Fsp3) is 0.238. The first-order chi connectivity index (χ1) is 13.6. The first kappa shape index (κ1) is 18.5. The van der Waals surface area contributed by atoms with Crippen molar-refractivity contribution in [3.05, 3.63) is 82.1 Å². The molecule has 6 nitrogen and oxygen atoms in total. The smallest absolute Gasteiger partial charge is 0.272 e. The lowest BCUT2D eigenvalue weighted by atomic mass is 10.1. The SMILES string of the molecule is COc1ccc(CNC(=O)c2cc3n(n2)C[C@@H](c2ccc(Cl)cc2)OC3)cc1. The van der Waals surface area contributed by atoms with Crippen molar-refractivity contribution in [2.45, 2.75) is 25.8 Å². The number of hydrogen-bond donors (Lipinski definition) is 1. The predicted octanol–water partition coefficient (Wildman–Crippen LogP) is 3.75. The van der Waals surface area contributed by atoms with Crippen molar-refractivity contribution in [3.8, 4) is 5.75 Å². The van der Waals surface area contributed by atoms with Gasteiger partial charge >= 0.3 is 0 Å². The molecule has 1 N–H and O–H groups in total. The van der Waals surface area contributed by atoms with Crippen LogP contribution >= 0.6 is 11.6 Å². The Hall–Kier alpha value is -2.83. The number of halogens is 1. The summed E-state index contributed by atoms with van der Waals surface area (Å²) in [5.74, 6) is 0.577. The van der Waals surface area contributed by atoms with E-state index in [1.807, 2.05) is 53.2 Å². The molecule has 0 spiro atoms. The largest absolute Gasteiger partial charge is 0.497 e. The summed E-state index contributed by atoms with van der Waals surface area (Å²) in [4.78, 5) is 12.5. The number of carbonyl (C=O) groups is 1. The number of nitrogens with zero attached hydrogens (tertiary/aromatic N) is 2. The first-order valence-corrected chi connectivity index (χ1v) is 9.35. The zero-order valence-electron chi connectivity index (χ0n) is 15.4. The molecule has 0 aliphatic carbocycles. The zero-order valence-corrected chi connectivity index (χ0v) is 16.1. The van der Waals surface area contributed by atoms with Crippen LogP contribution in [0.1, 0.15) is 33.4 Å². The highest BCUT2D eigenvalue weighted by Crippen LogP contribution is 2.27. The molecule has 144 valence electrons. The molecule has 0 radical (unpaired) electrons. The quantitative estimate of drug-likeness (QED) is 0.712. The summed E-state index contributed by atoms with van der Waals surface area (Å²) in [6.45, 7) is 1.39. The van der Waals surface area contributed by atoms with Gasteiger partial charge in [-0.3, -0.25) is 9.48 Å². The molecule has 1 aromatic heterocycles. The number of amides is 1. The fourth-order valence-electron chi connectivity index (χ4n) is 3.13. The van der Waals surface area contributed by atoms with Gasteiger partial charge in [-0.2, -0.15) is 5.10 Å². The Morgan fingerprint density at radius 2 is 2.00 bits per heavy atom. The summed E-state index contributed by atoms with van der Waals surface area (Å²) in [5.41, 5.74) is 3.31. The van der Waals surface area contributed by atoms with Crippen LogP contribution in [0.3, 0.4) is 0 Å². The maximum Gasteiger partial charge on any atom is 0.272 e. The minimum atomic E-state index is -0.208. The topological polar surface area (TPSA) is 65.4 Å². The number of carbonyl (C=O) groups excluding carboxylic acids is 1. The average molecular weight is 398 g/mol. The normalized spacial score (nSPS) is 15.7. The summed E-state index contributed by atoms with van der Waals surface area (Å²) in [6.07, 6.45) is -0.111. The number of ether oxygens (including phenoxy) is 2. The van der Waals surface area contributed by atoms with Gasteiger partial charge in [0.2, 0.25) is 0 Å². The lowest BCUT2D eigenvalue weighted by Gasteiger charge is -2.24.